The molecule has 30 heavy (non-hydrogen) atoms. The van der Waals surface area contributed by atoms with E-state index >= 15 is 0 Å². The number of benzene rings is 2. The van der Waals surface area contributed by atoms with Gasteiger partial charge in [-0.15, -0.1) is 24.0 Å². The van der Waals surface area contributed by atoms with E-state index < -0.39 is 5.38 Å². The fraction of sp³-hybridized carbons (Fsp3) is 0.0435. The highest BCUT2D eigenvalue weighted by Crippen LogP contribution is 2.31. The number of halogens is 2. The van der Waals surface area contributed by atoms with E-state index in [9.17, 15) is 0 Å². The van der Waals surface area contributed by atoms with Gasteiger partial charge in [0, 0.05) is 23.6 Å². The van der Waals surface area contributed by atoms with Crippen LogP contribution >= 0.6 is 24.0 Å². The van der Waals surface area contributed by atoms with E-state index in [0.717, 1.165) is 16.9 Å². The van der Waals surface area contributed by atoms with Gasteiger partial charge in [-0.25, -0.2) is 4.98 Å². The number of alkyl halides is 1. The summed E-state index contributed by atoms with van der Waals surface area (Å²) in [6, 6.07) is 24.3. The van der Waals surface area contributed by atoms with E-state index in [2.05, 4.69) is 17.1 Å². The van der Waals surface area contributed by atoms with Crippen LogP contribution in [-0.2, 0) is 0 Å². The van der Waals surface area contributed by atoms with Crippen LogP contribution in [0.5, 0.6) is 0 Å². The van der Waals surface area contributed by atoms with Crippen LogP contribution in [0.25, 0.3) is 16.9 Å². The molecule has 0 saturated heterocycles. The molecule has 0 aliphatic rings. The van der Waals surface area contributed by atoms with E-state index in [1.807, 2.05) is 53.2 Å². The fourth-order valence-electron chi connectivity index (χ4n) is 2.99. The first kappa shape index (κ1) is 21.1. The highest BCUT2D eigenvalue weighted by atomic mass is 35.5. The second kappa shape index (κ2) is 9.24. The minimum Gasteiger partial charge on any atom is -0.302 e. The normalized spacial score (nSPS) is 11.0. The topological polar surface area (TPSA) is 78.3 Å². The number of nitrogens with zero attached hydrogens (tertiary/aromatic N) is 5. The standard InChI is InChI=1S/C23H14ClN5.ClH/c24-22(20-3-1-2-12-27-20)23-28-21(18-8-4-16(13-25)5-9-18)15-29(23)19-10-6-17(14-26)7-11-19;/h1-12,15,22H;1H. The Morgan fingerprint density at radius 2 is 1.50 bits per heavy atom. The summed E-state index contributed by atoms with van der Waals surface area (Å²) in [6.45, 7) is 0. The molecule has 7 heteroatoms. The SMILES string of the molecule is Cl.N#Cc1ccc(-c2cn(-c3ccc(C#N)cc3)c(C(Cl)c3ccccn3)n2)cc1. The molecule has 4 rings (SSSR count). The number of imidazole rings is 1. The molecule has 146 valence electrons. The summed E-state index contributed by atoms with van der Waals surface area (Å²) in [5, 5.41) is 17.5. The van der Waals surface area contributed by atoms with Crippen molar-refractivity contribution in [2.24, 2.45) is 0 Å². The largest absolute Gasteiger partial charge is 0.302 e. The zero-order chi connectivity index (χ0) is 20.2. The zero-order valence-electron chi connectivity index (χ0n) is 15.6. The Balaban J connectivity index is 0.00000256. The van der Waals surface area contributed by atoms with Crippen molar-refractivity contribution in [1.82, 2.24) is 14.5 Å². The lowest BCUT2D eigenvalue weighted by atomic mass is 10.1. The lowest BCUT2D eigenvalue weighted by Crippen LogP contribution is -2.05. The summed E-state index contributed by atoms with van der Waals surface area (Å²) in [4.78, 5) is 9.13. The van der Waals surface area contributed by atoms with Crippen LogP contribution in [0.4, 0.5) is 0 Å². The van der Waals surface area contributed by atoms with E-state index in [4.69, 9.17) is 27.1 Å². The van der Waals surface area contributed by atoms with Gasteiger partial charge >= 0.3 is 0 Å². The molecule has 0 spiro atoms. The first-order valence-corrected chi connectivity index (χ1v) is 9.28. The van der Waals surface area contributed by atoms with Gasteiger partial charge in [0.05, 0.1) is 34.7 Å². The van der Waals surface area contributed by atoms with Crippen molar-refractivity contribution in [1.29, 1.82) is 10.5 Å². The van der Waals surface area contributed by atoms with Crippen molar-refractivity contribution in [3.8, 4) is 29.1 Å². The van der Waals surface area contributed by atoms with Gasteiger partial charge in [-0.3, -0.25) is 4.98 Å². The zero-order valence-corrected chi connectivity index (χ0v) is 17.2. The Morgan fingerprint density at radius 1 is 0.867 bits per heavy atom. The lowest BCUT2D eigenvalue weighted by Gasteiger charge is -2.12. The van der Waals surface area contributed by atoms with Crippen molar-refractivity contribution in [2.45, 2.75) is 5.38 Å². The molecule has 4 aromatic rings. The quantitative estimate of drug-likeness (QED) is 0.403. The molecule has 0 saturated carbocycles. The molecular weight excluding hydrogens is 417 g/mol. The predicted molar refractivity (Wildman–Crippen MR) is 118 cm³/mol. The third-order valence-electron chi connectivity index (χ3n) is 4.49. The van der Waals surface area contributed by atoms with Crippen LogP contribution in [-0.4, -0.2) is 14.5 Å². The van der Waals surface area contributed by atoms with E-state index in [1.165, 1.54) is 0 Å². The van der Waals surface area contributed by atoms with Gasteiger partial charge in [-0.2, -0.15) is 10.5 Å². The number of nitriles is 2. The van der Waals surface area contributed by atoms with E-state index in [0.29, 0.717) is 22.6 Å². The van der Waals surface area contributed by atoms with E-state index in [-0.39, 0.29) is 12.4 Å². The summed E-state index contributed by atoms with van der Waals surface area (Å²) in [6.07, 6.45) is 3.59. The molecule has 0 fully saturated rings. The van der Waals surface area contributed by atoms with Gasteiger partial charge < -0.3 is 4.57 Å². The highest BCUT2D eigenvalue weighted by Gasteiger charge is 2.21. The number of pyridine rings is 1. The van der Waals surface area contributed by atoms with Gasteiger partial charge in [0.25, 0.3) is 0 Å². The smallest absolute Gasteiger partial charge is 0.138 e. The van der Waals surface area contributed by atoms with Crippen LogP contribution in [0, 0.1) is 22.7 Å². The van der Waals surface area contributed by atoms with Gasteiger partial charge in [-0.1, -0.05) is 18.2 Å². The Kier molecular flexibility index (Phi) is 6.49. The molecule has 0 aliphatic heterocycles. The average molecular weight is 432 g/mol. The summed E-state index contributed by atoms with van der Waals surface area (Å²) < 4.78 is 1.90. The molecule has 2 aromatic carbocycles. The molecule has 1 unspecified atom stereocenters. The molecule has 2 heterocycles. The van der Waals surface area contributed by atoms with Crippen LogP contribution < -0.4 is 0 Å². The maximum atomic E-state index is 9.06. The number of hydrogen-bond acceptors (Lipinski definition) is 4. The van der Waals surface area contributed by atoms with Crippen molar-refractivity contribution in [3.05, 3.63) is 102 Å². The molecule has 2 aromatic heterocycles. The van der Waals surface area contributed by atoms with Crippen LogP contribution in [0.1, 0.15) is 28.0 Å². The van der Waals surface area contributed by atoms with Crippen LogP contribution in [0.2, 0.25) is 0 Å². The predicted octanol–water partition coefficient (Wildman–Crippen LogP) is 5.43. The molecule has 0 aliphatic carbocycles. The molecular formula is C23H15Cl2N5. The monoisotopic (exact) mass is 431 g/mol. The van der Waals surface area contributed by atoms with Gasteiger partial charge in [0.15, 0.2) is 0 Å². The number of aromatic nitrogens is 3. The van der Waals surface area contributed by atoms with Crippen LogP contribution in [0.3, 0.4) is 0 Å². The Labute approximate surface area is 185 Å². The number of hydrogen-bond donors (Lipinski definition) is 0. The third kappa shape index (κ3) is 4.18. The summed E-state index contributed by atoms with van der Waals surface area (Å²) >= 11 is 6.75. The van der Waals surface area contributed by atoms with Crippen molar-refractivity contribution in [3.63, 3.8) is 0 Å². The second-order valence-electron chi connectivity index (χ2n) is 6.32. The van der Waals surface area contributed by atoms with Gasteiger partial charge in [0.2, 0.25) is 0 Å². The van der Waals surface area contributed by atoms with Crippen LogP contribution in [0.15, 0.2) is 79.1 Å². The van der Waals surface area contributed by atoms with Crippen molar-refractivity contribution in [2.75, 3.05) is 0 Å². The third-order valence-corrected chi connectivity index (χ3v) is 4.91. The van der Waals surface area contributed by atoms with Crippen molar-refractivity contribution < 1.29 is 0 Å². The maximum Gasteiger partial charge on any atom is 0.138 e. The maximum absolute atomic E-state index is 9.06. The summed E-state index contributed by atoms with van der Waals surface area (Å²) in [7, 11) is 0. The fourth-order valence-corrected chi connectivity index (χ4v) is 3.27. The minimum absolute atomic E-state index is 0. The number of rotatable bonds is 4. The molecule has 5 nitrogen and oxygen atoms in total. The highest BCUT2D eigenvalue weighted by molar-refractivity contribution is 6.22. The van der Waals surface area contributed by atoms with E-state index in [1.54, 1.807) is 30.5 Å². The molecule has 0 bridgehead atoms. The van der Waals surface area contributed by atoms with Gasteiger partial charge in [0.1, 0.15) is 11.2 Å². The Bertz CT molecular complexity index is 1220. The lowest BCUT2D eigenvalue weighted by molar-refractivity contribution is 0.870. The van der Waals surface area contributed by atoms with Gasteiger partial charge in [-0.05, 0) is 48.5 Å². The minimum atomic E-state index is -0.557. The Morgan fingerprint density at radius 3 is 2.07 bits per heavy atom. The summed E-state index contributed by atoms with van der Waals surface area (Å²) in [5.41, 5.74) is 4.31. The first-order chi connectivity index (χ1) is 14.2. The Hall–Kier alpha value is -3.64. The first-order valence-electron chi connectivity index (χ1n) is 8.85. The average Bonchev–Trinajstić information content (AvgIpc) is 3.24. The molecule has 0 radical (unpaired) electrons. The van der Waals surface area contributed by atoms with Crippen molar-refractivity contribution >= 4 is 24.0 Å². The molecule has 1 atom stereocenters. The second-order valence-corrected chi connectivity index (χ2v) is 6.76. The summed E-state index contributed by atoms with van der Waals surface area (Å²) in [5.74, 6) is 0.620. The molecule has 0 N–H and O–H groups in total. The molecule has 0 amide bonds.